The first kappa shape index (κ1) is 18.9. The Morgan fingerprint density at radius 3 is 2.38 bits per heavy atom. The molecule has 0 amide bonds. The van der Waals surface area contributed by atoms with Gasteiger partial charge < -0.3 is 10.1 Å². The molecule has 29 heavy (non-hydrogen) atoms. The zero-order chi connectivity index (χ0) is 20.6. The average molecular weight is 429 g/mol. The van der Waals surface area contributed by atoms with E-state index in [1.807, 2.05) is 19.1 Å². The van der Waals surface area contributed by atoms with Gasteiger partial charge in [-0.3, -0.25) is 5.41 Å². The second-order valence-electron chi connectivity index (χ2n) is 8.89. The van der Waals surface area contributed by atoms with Gasteiger partial charge in [-0.15, -0.1) is 11.3 Å². The largest absolute Gasteiger partial charge is 0.490 e. The molecule has 1 saturated carbocycles. The van der Waals surface area contributed by atoms with Crippen molar-refractivity contribution in [2.45, 2.75) is 50.0 Å². The Hall–Kier alpha value is -2.12. The molecule has 0 bridgehead atoms. The molecule has 2 aliphatic rings. The SMILES string of the molecule is CC1(C)C(=N)N[C@](C)(c2ccc3sc4ccc(OC5CC5)cc4c3c2)CS1(=O)=O. The van der Waals surface area contributed by atoms with Gasteiger partial charge in [0.05, 0.1) is 17.4 Å². The monoisotopic (exact) mass is 428 g/mol. The molecule has 0 radical (unpaired) electrons. The summed E-state index contributed by atoms with van der Waals surface area (Å²) in [6, 6.07) is 12.3. The van der Waals surface area contributed by atoms with Crippen molar-refractivity contribution >= 4 is 47.2 Å². The quantitative estimate of drug-likeness (QED) is 0.640. The summed E-state index contributed by atoms with van der Waals surface area (Å²) in [6.07, 6.45) is 2.58. The summed E-state index contributed by atoms with van der Waals surface area (Å²) in [4.78, 5) is 0. The molecule has 2 N–H and O–H groups in total. The number of sulfone groups is 1. The first-order valence-electron chi connectivity index (χ1n) is 9.82. The lowest BCUT2D eigenvalue weighted by Crippen LogP contribution is -2.63. The molecular weight excluding hydrogens is 404 g/mol. The molecule has 1 saturated heterocycles. The summed E-state index contributed by atoms with van der Waals surface area (Å²) in [7, 11) is -3.47. The number of fused-ring (bicyclic) bond motifs is 3. The third kappa shape index (κ3) is 2.94. The maximum absolute atomic E-state index is 12.9. The van der Waals surface area contributed by atoms with Crippen LogP contribution in [0, 0.1) is 5.41 Å². The molecule has 1 aliphatic carbocycles. The Morgan fingerprint density at radius 2 is 1.72 bits per heavy atom. The van der Waals surface area contributed by atoms with E-state index in [1.165, 1.54) is 4.70 Å². The molecule has 2 aromatic carbocycles. The van der Waals surface area contributed by atoms with E-state index in [-0.39, 0.29) is 11.6 Å². The van der Waals surface area contributed by atoms with Crippen molar-refractivity contribution in [3.8, 4) is 5.75 Å². The van der Waals surface area contributed by atoms with Crippen LogP contribution in [0.1, 0.15) is 39.2 Å². The molecule has 1 atom stereocenters. The van der Waals surface area contributed by atoms with Gasteiger partial charge in [0, 0.05) is 20.2 Å². The number of hydrogen-bond acceptors (Lipinski definition) is 5. The summed E-state index contributed by atoms with van der Waals surface area (Å²) >= 11 is 1.72. The van der Waals surface area contributed by atoms with Gasteiger partial charge in [-0.25, -0.2) is 8.42 Å². The van der Waals surface area contributed by atoms with Crippen LogP contribution < -0.4 is 10.1 Å². The lowest BCUT2D eigenvalue weighted by Gasteiger charge is -2.43. The molecule has 0 unspecified atom stereocenters. The lowest BCUT2D eigenvalue weighted by atomic mass is 9.91. The zero-order valence-electron chi connectivity index (χ0n) is 16.7. The fourth-order valence-electron chi connectivity index (χ4n) is 3.89. The van der Waals surface area contributed by atoms with E-state index < -0.39 is 20.1 Å². The number of amidine groups is 1. The van der Waals surface area contributed by atoms with Crippen LogP contribution in [0.5, 0.6) is 5.75 Å². The van der Waals surface area contributed by atoms with Crippen molar-refractivity contribution in [2.75, 3.05) is 5.75 Å². The van der Waals surface area contributed by atoms with Gasteiger partial charge in [0.25, 0.3) is 0 Å². The molecular formula is C22H24N2O3S2. The minimum atomic E-state index is -3.47. The molecule has 0 spiro atoms. The Balaban J connectivity index is 1.61. The van der Waals surface area contributed by atoms with Gasteiger partial charge in [0.15, 0.2) is 9.84 Å². The average Bonchev–Trinajstić information content (AvgIpc) is 3.38. The fourth-order valence-corrected chi connectivity index (χ4v) is 6.67. The fraction of sp³-hybridized carbons (Fsp3) is 0.409. The minimum Gasteiger partial charge on any atom is -0.490 e. The highest BCUT2D eigenvalue weighted by Gasteiger charge is 2.50. The first-order chi connectivity index (χ1) is 13.6. The Bertz CT molecular complexity index is 1270. The van der Waals surface area contributed by atoms with E-state index >= 15 is 0 Å². The van der Waals surface area contributed by atoms with Gasteiger partial charge in [-0.05, 0) is 69.5 Å². The second-order valence-corrected chi connectivity index (χ2v) is 12.5. The third-order valence-corrected chi connectivity index (χ3v) is 10.0. The number of nitrogens with one attached hydrogen (secondary N) is 2. The van der Waals surface area contributed by atoms with Crippen LogP contribution in [0.4, 0.5) is 0 Å². The topological polar surface area (TPSA) is 79.2 Å². The van der Waals surface area contributed by atoms with E-state index in [1.54, 1.807) is 25.2 Å². The molecule has 152 valence electrons. The van der Waals surface area contributed by atoms with E-state index in [0.717, 1.165) is 39.6 Å². The van der Waals surface area contributed by atoms with Crippen molar-refractivity contribution < 1.29 is 13.2 Å². The van der Waals surface area contributed by atoms with Crippen LogP contribution in [0.3, 0.4) is 0 Å². The number of hydrogen-bond donors (Lipinski definition) is 2. The number of rotatable bonds is 3. The summed E-state index contributed by atoms with van der Waals surface area (Å²) in [6.45, 7) is 5.05. The van der Waals surface area contributed by atoms with Crippen LogP contribution in [0.15, 0.2) is 36.4 Å². The van der Waals surface area contributed by atoms with Crippen LogP contribution in [-0.2, 0) is 15.4 Å². The highest BCUT2D eigenvalue weighted by atomic mass is 32.2. The maximum atomic E-state index is 12.9. The smallest absolute Gasteiger partial charge is 0.165 e. The third-order valence-electron chi connectivity index (χ3n) is 6.16. The van der Waals surface area contributed by atoms with Gasteiger partial charge in [0.1, 0.15) is 16.3 Å². The lowest BCUT2D eigenvalue weighted by molar-refractivity contribution is 0.303. The number of benzene rings is 2. The van der Waals surface area contributed by atoms with E-state index in [0.29, 0.717) is 6.10 Å². The van der Waals surface area contributed by atoms with E-state index in [4.69, 9.17) is 10.1 Å². The normalized spacial score (nSPS) is 25.8. The van der Waals surface area contributed by atoms with Crippen molar-refractivity contribution in [2.24, 2.45) is 0 Å². The van der Waals surface area contributed by atoms with Gasteiger partial charge in [-0.2, -0.15) is 0 Å². The van der Waals surface area contributed by atoms with Crippen LogP contribution in [0.25, 0.3) is 20.2 Å². The zero-order valence-corrected chi connectivity index (χ0v) is 18.3. The molecule has 3 aromatic rings. The maximum Gasteiger partial charge on any atom is 0.165 e. The second kappa shape index (κ2) is 5.95. The van der Waals surface area contributed by atoms with Crippen LogP contribution >= 0.6 is 11.3 Å². The molecule has 2 fully saturated rings. The highest BCUT2D eigenvalue weighted by Crippen LogP contribution is 2.40. The van der Waals surface area contributed by atoms with Gasteiger partial charge >= 0.3 is 0 Å². The Labute approximate surface area is 174 Å². The standard InChI is InChI=1S/C22H24N2O3S2/c1-21(2)20(23)24-22(3,12-29(21,25)26)13-4-8-18-16(10-13)17-11-15(27-14-5-6-14)7-9-19(17)28-18/h4,7-11,14H,5-6,12H2,1-3H3,(H2,23,24)/t22-/m0/s1. The van der Waals surface area contributed by atoms with E-state index in [2.05, 4.69) is 29.6 Å². The van der Waals surface area contributed by atoms with Crippen LogP contribution in [0.2, 0.25) is 0 Å². The highest BCUT2D eigenvalue weighted by molar-refractivity contribution is 7.93. The molecule has 1 aliphatic heterocycles. The Kier molecular flexibility index (Phi) is 3.87. The first-order valence-corrected chi connectivity index (χ1v) is 12.3. The predicted octanol–water partition coefficient (Wildman–Crippen LogP) is 4.58. The van der Waals surface area contributed by atoms with Crippen molar-refractivity contribution in [1.29, 1.82) is 5.41 Å². The molecule has 1 aromatic heterocycles. The number of thiophene rings is 1. The Morgan fingerprint density at radius 1 is 1.07 bits per heavy atom. The number of ether oxygens (including phenoxy) is 1. The van der Waals surface area contributed by atoms with Gasteiger partial charge in [-0.1, -0.05) is 6.07 Å². The summed E-state index contributed by atoms with van der Waals surface area (Å²) in [5.74, 6) is 0.888. The van der Waals surface area contributed by atoms with Crippen LogP contribution in [-0.4, -0.2) is 30.9 Å². The molecule has 2 heterocycles. The summed E-state index contributed by atoms with van der Waals surface area (Å²) in [5, 5.41) is 13.7. The van der Waals surface area contributed by atoms with Crippen molar-refractivity contribution in [3.05, 3.63) is 42.0 Å². The minimum absolute atomic E-state index is 0.0427. The van der Waals surface area contributed by atoms with Crippen molar-refractivity contribution in [3.63, 3.8) is 0 Å². The summed E-state index contributed by atoms with van der Waals surface area (Å²) < 4.78 is 32.9. The van der Waals surface area contributed by atoms with E-state index in [9.17, 15) is 8.42 Å². The summed E-state index contributed by atoms with van der Waals surface area (Å²) in [5.41, 5.74) is 0.0396. The van der Waals surface area contributed by atoms with Gasteiger partial charge in [0.2, 0.25) is 0 Å². The molecule has 5 rings (SSSR count). The molecule has 7 heteroatoms. The molecule has 5 nitrogen and oxygen atoms in total. The predicted molar refractivity (Wildman–Crippen MR) is 119 cm³/mol. The van der Waals surface area contributed by atoms with Crippen molar-refractivity contribution in [1.82, 2.24) is 5.32 Å².